The average Bonchev–Trinajstić information content (AvgIpc) is 3.48. The summed E-state index contributed by atoms with van der Waals surface area (Å²) >= 11 is 2.93. The lowest BCUT2D eigenvalue weighted by Gasteiger charge is -2.08. The Hall–Kier alpha value is -3.75. The van der Waals surface area contributed by atoms with E-state index in [1.807, 2.05) is 78.2 Å². The molecule has 0 radical (unpaired) electrons. The minimum atomic E-state index is -0.174. The summed E-state index contributed by atoms with van der Waals surface area (Å²) in [5.74, 6) is -0.174. The molecule has 32 heavy (non-hydrogen) atoms. The Labute approximate surface area is 192 Å². The molecule has 0 fully saturated rings. The molecule has 0 aliphatic heterocycles. The first-order valence-corrected chi connectivity index (χ1v) is 11.5. The van der Waals surface area contributed by atoms with Crippen LogP contribution in [-0.4, -0.2) is 26.1 Å². The van der Waals surface area contributed by atoms with E-state index >= 15 is 0 Å². The van der Waals surface area contributed by atoms with Gasteiger partial charge in [0.05, 0.1) is 22.5 Å². The highest BCUT2D eigenvalue weighted by atomic mass is 32.2. The lowest BCUT2D eigenvalue weighted by atomic mass is 10.2. The number of H-pyrrole nitrogens is 1. The Balaban J connectivity index is 1.37. The van der Waals surface area contributed by atoms with Crippen LogP contribution in [0.3, 0.4) is 0 Å². The van der Waals surface area contributed by atoms with Crippen LogP contribution in [0.25, 0.3) is 23.1 Å². The molecule has 0 atom stereocenters. The van der Waals surface area contributed by atoms with Gasteiger partial charge >= 0.3 is 0 Å². The number of fused-ring (bicyclic) bond motifs is 1. The summed E-state index contributed by atoms with van der Waals surface area (Å²) in [4.78, 5) is 23.0. The zero-order valence-corrected chi connectivity index (χ0v) is 18.4. The second-order valence-corrected chi connectivity index (χ2v) is 8.80. The molecule has 0 aliphatic carbocycles. The monoisotopic (exact) mass is 455 g/mol. The number of aromatic amines is 1. The smallest absolute Gasteiger partial charge is 0.258 e. The zero-order chi connectivity index (χ0) is 21.8. The van der Waals surface area contributed by atoms with Gasteiger partial charge in [0.2, 0.25) is 0 Å². The molecular weight excluding hydrogens is 438 g/mol. The van der Waals surface area contributed by atoms with Gasteiger partial charge < -0.3 is 0 Å². The van der Waals surface area contributed by atoms with Crippen molar-refractivity contribution in [1.29, 1.82) is 0 Å². The Morgan fingerprint density at radius 3 is 2.75 bits per heavy atom. The molecule has 0 saturated carbocycles. The number of carbonyl (C=O) groups is 1. The van der Waals surface area contributed by atoms with Crippen molar-refractivity contribution in [3.05, 3.63) is 95.4 Å². The number of benzene rings is 2. The number of amides is 1. The molecule has 3 aromatic heterocycles. The Morgan fingerprint density at radius 2 is 1.91 bits per heavy atom. The second kappa shape index (κ2) is 9.17. The molecule has 8 heteroatoms. The molecule has 1 amide bonds. The highest BCUT2D eigenvalue weighted by Crippen LogP contribution is 2.33. The van der Waals surface area contributed by atoms with Crippen molar-refractivity contribution in [2.75, 3.05) is 5.32 Å². The molecule has 156 valence electrons. The van der Waals surface area contributed by atoms with Gasteiger partial charge in [-0.05, 0) is 54.6 Å². The van der Waals surface area contributed by atoms with Crippen LogP contribution in [0.15, 0.2) is 88.2 Å². The minimum Gasteiger partial charge on any atom is -0.298 e. The maximum absolute atomic E-state index is 12.7. The quantitative estimate of drug-likeness (QED) is 0.329. The highest BCUT2D eigenvalue weighted by molar-refractivity contribution is 7.99. The first-order chi connectivity index (χ1) is 15.8. The predicted octanol–water partition coefficient (Wildman–Crippen LogP) is 5.99. The van der Waals surface area contributed by atoms with Crippen molar-refractivity contribution >= 4 is 57.2 Å². The third kappa shape index (κ3) is 4.46. The Bertz CT molecular complexity index is 1390. The van der Waals surface area contributed by atoms with Gasteiger partial charge in [0, 0.05) is 33.0 Å². The molecule has 0 spiro atoms. The van der Waals surface area contributed by atoms with Crippen molar-refractivity contribution in [2.45, 2.75) is 9.79 Å². The Kier molecular flexibility index (Phi) is 5.78. The summed E-state index contributed by atoms with van der Waals surface area (Å²) in [5.41, 5.74) is 3.27. The molecule has 0 saturated heterocycles. The number of pyridine rings is 1. The van der Waals surface area contributed by atoms with E-state index in [-0.39, 0.29) is 5.91 Å². The fourth-order valence-corrected chi connectivity index (χ4v) is 4.68. The third-order valence-corrected chi connectivity index (χ3v) is 6.43. The van der Waals surface area contributed by atoms with Crippen LogP contribution in [0.4, 0.5) is 5.13 Å². The number of nitrogens with zero attached hydrogens (tertiary/aromatic N) is 3. The van der Waals surface area contributed by atoms with Crippen molar-refractivity contribution < 1.29 is 4.79 Å². The van der Waals surface area contributed by atoms with Crippen molar-refractivity contribution in [1.82, 2.24) is 20.2 Å². The summed E-state index contributed by atoms with van der Waals surface area (Å²) in [5, 5.41) is 13.8. The number of aromatic nitrogens is 4. The molecule has 5 rings (SSSR count). The van der Waals surface area contributed by atoms with E-state index in [2.05, 4.69) is 25.5 Å². The van der Waals surface area contributed by atoms with E-state index in [1.165, 1.54) is 23.1 Å². The van der Waals surface area contributed by atoms with Crippen LogP contribution in [-0.2, 0) is 0 Å². The van der Waals surface area contributed by atoms with E-state index in [9.17, 15) is 4.79 Å². The van der Waals surface area contributed by atoms with Gasteiger partial charge in [0.15, 0.2) is 5.13 Å². The van der Waals surface area contributed by atoms with Gasteiger partial charge in [-0.3, -0.25) is 20.2 Å². The van der Waals surface area contributed by atoms with Crippen LogP contribution in [0.5, 0.6) is 0 Å². The van der Waals surface area contributed by atoms with Gasteiger partial charge in [-0.15, -0.1) is 11.3 Å². The summed E-state index contributed by atoms with van der Waals surface area (Å²) in [6.07, 6.45) is 7.32. The average molecular weight is 456 g/mol. The van der Waals surface area contributed by atoms with Crippen LogP contribution in [0.2, 0.25) is 0 Å². The number of hydrogen-bond acceptors (Lipinski definition) is 6. The van der Waals surface area contributed by atoms with E-state index in [1.54, 1.807) is 12.4 Å². The molecule has 2 aromatic carbocycles. The van der Waals surface area contributed by atoms with E-state index in [4.69, 9.17) is 0 Å². The molecule has 2 N–H and O–H groups in total. The molecule has 0 unspecified atom stereocenters. The van der Waals surface area contributed by atoms with Gasteiger partial charge in [-0.25, -0.2) is 4.98 Å². The molecule has 0 aliphatic rings. The normalized spacial score (nSPS) is 11.2. The minimum absolute atomic E-state index is 0.174. The number of nitrogens with one attached hydrogen (secondary N) is 2. The predicted molar refractivity (Wildman–Crippen MR) is 130 cm³/mol. The third-order valence-electron chi connectivity index (χ3n) is 4.68. The summed E-state index contributed by atoms with van der Waals surface area (Å²) < 4.78 is 0. The summed E-state index contributed by atoms with van der Waals surface area (Å²) in [7, 11) is 0. The molecule has 5 aromatic rings. The number of thiazole rings is 1. The fraction of sp³-hybridized carbons (Fsp3) is 0. The van der Waals surface area contributed by atoms with E-state index in [0.29, 0.717) is 10.7 Å². The van der Waals surface area contributed by atoms with Gasteiger partial charge in [-0.2, -0.15) is 5.10 Å². The maximum atomic E-state index is 12.7. The van der Waals surface area contributed by atoms with E-state index < -0.39 is 0 Å². The van der Waals surface area contributed by atoms with Crippen molar-refractivity contribution in [3.63, 3.8) is 0 Å². The fourth-order valence-electron chi connectivity index (χ4n) is 3.17. The number of rotatable bonds is 6. The second-order valence-electron chi connectivity index (χ2n) is 6.79. The molecule has 6 nitrogen and oxygen atoms in total. The molecule has 0 bridgehead atoms. The zero-order valence-electron chi connectivity index (χ0n) is 16.7. The molecular formula is C24H17N5OS2. The van der Waals surface area contributed by atoms with Gasteiger partial charge in [-0.1, -0.05) is 30.0 Å². The van der Waals surface area contributed by atoms with Gasteiger partial charge in [0.25, 0.3) is 5.91 Å². The molecule has 3 heterocycles. The highest BCUT2D eigenvalue weighted by Gasteiger charge is 2.14. The number of carbonyl (C=O) groups excluding carboxylic acids is 1. The lowest BCUT2D eigenvalue weighted by molar-refractivity contribution is 0.102. The maximum Gasteiger partial charge on any atom is 0.258 e. The standard InChI is InChI=1S/C24H17N5OS2/c30-23(27-24-26-13-14-31-24)19-6-1-2-7-22(19)32-17-9-10-18-20(28-29-21(18)15-17)11-8-16-5-3-4-12-25-16/h1-15H,(H,28,29)(H,26,27,30)/b11-8+. The summed E-state index contributed by atoms with van der Waals surface area (Å²) in [6, 6.07) is 19.5. The van der Waals surface area contributed by atoms with Crippen LogP contribution in [0.1, 0.15) is 21.7 Å². The first kappa shape index (κ1) is 20.2. The largest absolute Gasteiger partial charge is 0.298 e. The summed E-state index contributed by atoms with van der Waals surface area (Å²) in [6.45, 7) is 0. The number of hydrogen-bond donors (Lipinski definition) is 2. The first-order valence-electron chi connectivity index (χ1n) is 9.81. The SMILES string of the molecule is O=C(Nc1nccs1)c1ccccc1Sc1ccc2c(/C=C/c3ccccn3)n[nH]c2c1. The lowest BCUT2D eigenvalue weighted by Crippen LogP contribution is -2.12. The Morgan fingerprint density at radius 1 is 1.00 bits per heavy atom. The van der Waals surface area contributed by atoms with Crippen LogP contribution in [0, 0.1) is 0 Å². The van der Waals surface area contributed by atoms with Crippen molar-refractivity contribution in [3.8, 4) is 0 Å². The van der Waals surface area contributed by atoms with Crippen molar-refractivity contribution in [2.24, 2.45) is 0 Å². The van der Waals surface area contributed by atoms with Crippen LogP contribution >= 0.6 is 23.1 Å². The van der Waals surface area contributed by atoms with E-state index in [0.717, 1.165) is 32.1 Å². The topological polar surface area (TPSA) is 83.6 Å². The number of anilines is 1. The van der Waals surface area contributed by atoms with Gasteiger partial charge in [0.1, 0.15) is 0 Å². The van der Waals surface area contributed by atoms with Crippen LogP contribution < -0.4 is 5.32 Å².